The molecule has 3 nitrogen and oxygen atoms in total. The molecule has 1 aliphatic heterocycles. The first-order chi connectivity index (χ1) is 9.33. The van der Waals surface area contributed by atoms with Crippen molar-refractivity contribution in [3.8, 4) is 11.5 Å². The maximum atomic E-state index is 5.84. The number of alkyl halides is 1. The Balaban J connectivity index is 1.97. The maximum Gasteiger partial charge on any atom is 0.161 e. The van der Waals surface area contributed by atoms with Crippen LogP contribution in [0.15, 0.2) is 18.2 Å². The second kappa shape index (κ2) is 7.61. The Hall–Kier alpha value is -0.930. The van der Waals surface area contributed by atoms with Gasteiger partial charge in [0.1, 0.15) is 6.61 Å². The van der Waals surface area contributed by atoms with Crippen molar-refractivity contribution in [2.24, 2.45) is 0 Å². The Labute approximate surface area is 119 Å². The van der Waals surface area contributed by atoms with Crippen LogP contribution in [0, 0.1) is 0 Å². The van der Waals surface area contributed by atoms with Crippen LogP contribution in [0.5, 0.6) is 11.5 Å². The van der Waals surface area contributed by atoms with Gasteiger partial charge in [0.05, 0.1) is 12.7 Å². The molecule has 1 aliphatic rings. The summed E-state index contributed by atoms with van der Waals surface area (Å²) >= 11 is 5.83. The lowest BCUT2D eigenvalue weighted by Crippen LogP contribution is -2.25. The Kier molecular flexibility index (Phi) is 5.80. The number of rotatable bonds is 6. The molecular weight excluding hydrogens is 264 g/mol. The Bertz CT molecular complexity index is 389. The van der Waals surface area contributed by atoms with Gasteiger partial charge in [-0.3, -0.25) is 0 Å². The van der Waals surface area contributed by atoms with Crippen LogP contribution in [-0.2, 0) is 10.6 Å². The first-order valence-electron chi connectivity index (χ1n) is 6.89. The van der Waals surface area contributed by atoms with Crippen LogP contribution < -0.4 is 9.47 Å². The summed E-state index contributed by atoms with van der Waals surface area (Å²) in [7, 11) is 0. The minimum absolute atomic E-state index is 0.205. The van der Waals surface area contributed by atoms with E-state index in [1.54, 1.807) is 0 Å². The van der Waals surface area contributed by atoms with Crippen LogP contribution in [0.2, 0.25) is 0 Å². The molecule has 4 heteroatoms. The highest BCUT2D eigenvalue weighted by molar-refractivity contribution is 6.17. The molecule has 1 aromatic carbocycles. The second-order valence-electron chi connectivity index (χ2n) is 4.65. The predicted octanol–water partition coefficient (Wildman–Crippen LogP) is 3.77. The van der Waals surface area contributed by atoms with Gasteiger partial charge in [0, 0.05) is 12.5 Å². The lowest BCUT2D eigenvalue weighted by molar-refractivity contribution is -0.0115. The zero-order chi connectivity index (χ0) is 13.5. The molecule has 19 heavy (non-hydrogen) atoms. The summed E-state index contributed by atoms with van der Waals surface area (Å²) in [6.07, 6.45) is 3.66. The molecule has 1 heterocycles. The van der Waals surface area contributed by atoms with E-state index in [1.807, 2.05) is 25.1 Å². The Morgan fingerprint density at radius 1 is 1.26 bits per heavy atom. The van der Waals surface area contributed by atoms with Gasteiger partial charge in [-0.25, -0.2) is 0 Å². The second-order valence-corrected chi connectivity index (χ2v) is 4.91. The fourth-order valence-corrected chi connectivity index (χ4v) is 2.31. The van der Waals surface area contributed by atoms with Crippen LogP contribution in [0.1, 0.15) is 31.7 Å². The van der Waals surface area contributed by atoms with Gasteiger partial charge in [0.2, 0.25) is 0 Å². The zero-order valence-corrected chi connectivity index (χ0v) is 12.1. The van der Waals surface area contributed by atoms with E-state index < -0.39 is 0 Å². The topological polar surface area (TPSA) is 27.7 Å². The van der Waals surface area contributed by atoms with E-state index >= 15 is 0 Å². The van der Waals surface area contributed by atoms with E-state index in [0.29, 0.717) is 19.1 Å². The normalized spacial score (nSPS) is 19.2. The van der Waals surface area contributed by atoms with Gasteiger partial charge < -0.3 is 14.2 Å². The molecule has 1 saturated heterocycles. The summed E-state index contributed by atoms with van der Waals surface area (Å²) in [6.45, 7) is 4.00. The molecule has 0 saturated carbocycles. The van der Waals surface area contributed by atoms with Crippen molar-refractivity contribution >= 4 is 11.6 Å². The van der Waals surface area contributed by atoms with Crippen LogP contribution in [0.25, 0.3) is 0 Å². The summed E-state index contributed by atoms with van der Waals surface area (Å²) in [5.41, 5.74) is 1.03. The summed E-state index contributed by atoms with van der Waals surface area (Å²) in [5.74, 6) is 2.01. The predicted molar refractivity (Wildman–Crippen MR) is 76.3 cm³/mol. The number of benzene rings is 1. The van der Waals surface area contributed by atoms with E-state index in [9.17, 15) is 0 Å². The van der Waals surface area contributed by atoms with Crippen LogP contribution in [0.4, 0.5) is 0 Å². The monoisotopic (exact) mass is 284 g/mol. The zero-order valence-electron chi connectivity index (χ0n) is 11.4. The summed E-state index contributed by atoms with van der Waals surface area (Å²) in [4.78, 5) is 0. The molecule has 0 aliphatic carbocycles. The van der Waals surface area contributed by atoms with Gasteiger partial charge in [-0.2, -0.15) is 0 Å². The van der Waals surface area contributed by atoms with E-state index in [-0.39, 0.29) is 6.10 Å². The fraction of sp³-hybridized carbons (Fsp3) is 0.600. The molecular formula is C15H21ClO3. The fourth-order valence-electron chi connectivity index (χ4n) is 2.14. The van der Waals surface area contributed by atoms with Crippen molar-refractivity contribution in [3.05, 3.63) is 23.8 Å². The molecule has 1 atom stereocenters. The molecule has 0 aromatic heterocycles. The Morgan fingerprint density at radius 3 is 2.84 bits per heavy atom. The first-order valence-corrected chi connectivity index (χ1v) is 7.43. The van der Waals surface area contributed by atoms with Gasteiger partial charge in [-0.15, -0.1) is 11.6 Å². The number of halogens is 1. The molecule has 0 amide bonds. The largest absolute Gasteiger partial charge is 0.490 e. The van der Waals surface area contributed by atoms with Crippen molar-refractivity contribution in [2.75, 3.05) is 19.8 Å². The van der Waals surface area contributed by atoms with Crippen molar-refractivity contribution in [1.82, 2.24) is 0 Å². The molecule has 0 N–H and O–H groups in total. The minimum Gasteiger partial charge on any atom is -0.490 e. The smallest absolute Gasteiger partial charge is 0.161 e. The number of hydrogen-bond donors (Lipinski definition) is 0. The molecule has 2 rings (SSSR count). The van der Waals surface area contributed by atoms with Crippen molar-refractivity contribution in [3.63, 3.8) is 0 Å². The lowest BCUT2D eigenvalue weighted by Gasteiger charge is -2.23. The van der Waals surface area contributed by atoms with Gasteiger partial charge in [0.15, 0.2) is 11.5 Å². The lowest BCUT2D eigenvalue weighted by atomic mass is 10.1. The third kappa shape index (κ3) is 4.29. The molecule has 106 valence electrons. The van der Waals surface area contributed by atoms with Gasteiger partial charge in [-0.1, -0.05) is 6.07 Å². The highest BCUT2D eigenvalue weighted by atomic mass is 35.5. The van der Waals surface area contributed by atoms with E-state index in [2.05, 4.69) is 0 Å². The molecule has 0 spiro atoms. The standard InChI is InChI=1S/C15H21ClO3/c1-2-17-15-9-12(10-16)6-7-14(15)19-11-13-5-3-4-8-18-13/h6-7,9,13H,2-5,8,10-11H2,1H3. The molecule has 0 radical (unpaired) electrons. The quantitative estimate of drug-likeness (QED) is 0.744. The average molecular weight is 285 g/mol. The van der Waals surface area contributed by atoms with Crippen molar-refractivity contribution in [2.45, 2.75) is 38.2 Å². The Morgan fingerprint density at radius 2 is 2.16 bits per heavy atom. The van der Waals surface area contributed by atoms with Crippen molar-refractivity contribution < 1.29 is 14.2 Å². The van der Waals surface area contributed by atoms with E-state index in [1.165, 1.54) is 6.42 Å². The van der Waals surface area contributed by atoms with Crippen molar-refractivity contribution in [1.29, 1.82) is 0 Å². The number of hydrogen-bond acceptors (Lipinski definition) is 3. The molecule has 1 unspecified atom stereocenters. The first kappa shape index (κ1) is 14.5. The highest BCUT2D eigenvalue weighted by Crippen LogP contribution is 2.29. The summed E-state index contributed by atoms with van der Waals surface area (Å²) < 4.78 is 17.1. The minimum atomic E-state index is 0.205. The van der Waals surface area contributed by atoms with E-state index in [0.717, 1.165) is 36.5 Å². The molecule has 1 aromatic rings. The third-order valence-corrected chi connectivity index (χ3v) is 3.47. The SMILES string of the molecule is CCOc1cc(CCl)ccc1OCC1CCCCO1. The average Bonchev–Trinajstić information content (AvgIpc) is 2.47. The highest BCUT2D eigenvalue weighted by Gasteiger charge is 2.15. The van der Waals surface area contributed by atoms with E-state index in [4.69, 9.17) is 25.8 Å². The maximum absolute atomic E-state index is 5.84. The summed E-state index contributed by atoms with van der Waals surface area (Å²) in [5, 5.41) is 0. The van der Waals surface area contributed by atoms with Crippen LogP contribution in [0.3, 0.4) is 0 Å². The van der Waals surface area contributed by atoms with Crippen LogP contribution >= 0.6 is 11.6 Å². The van der Waals surface area contributed by atoms with Crippen LogP contribution in [-0.4, -0.2) is 25.9 Å². The summed E-state index contributed by atoms with van der Waals surface area (Å²) in [6, 6.07) is 5.83. The van der Waals surface area contributed by atoms with Gasteiger partial charge in [-0.05, 0) is 43.9 Å². The third-order valence-electron chi connectivity index (χ3n) is 3.16. The van der Waals surface area contributed by atoms with Gasteiger partial charge in [0.25, 0.3) is 0 Å². The molecule has 0 bridgehead atoms. The number of ether oxygens (including phenoxy) is 3. The molecule has 1 fully saturated rings. The van der Waals surface area contributed by atoms with Gasteiger partial charge >= 0.3 is 0 Å².